The molecule has 34 heavy (non-hydrogen) atoms. The summed E-state index contributed by atoms with van der Waals surface area (Å²) in [5.41, 5.74) is 3.58. The number of methoxy groups -OCH3 is 1. The molecule has 0 aliphatic carbocycles. The molecule has 1 aliphatic rings. The molecule has 3 aromatic carbocycles. The van der Waals surface area contributed by atoms with Crippen molar-refractivity contribution >= 4 is 17.5 Å². The first-order valence-electron chi connectivity index (χ1n) is 11.8. The molecule has 0 radical (unpaired) electrons. The van der Waals surface area contributed by atoms with E-state index in [1.165, 1.54) is 11.1 Å². The van der Waals surface area contributed by atoms with Crippen LogP contribution in [-0.2, 0) is 24.3 Å². The topological polar surface area (TPSA) is 53.6 Å². The van der Waals surface area contributed by atoms with E-state index >= 15 is 0 Å². The Morgan fingerprint density at radius 1 is 0.971 bits per heavy atom. The van der Waals surface area contributed by atoms with Gasteiger partial charge in [0.25, 0.3) is 0 Å². The summed E-state index contributed by atoms with van der Waals surface area (Å²) in [6.45, 7) is 2.92. The summed E-state index contributed by atoms with van der Waals surface area (Å²) < 4.78 is 5.25. The minimum atomic E-state index is -0.167. The molecule has 0 unspecified atom stereocenters. The molecular weight excluding hydrogens is 446 g/mol. The molecule has 4 rings (SSSR count). The molecule has 0 spiro atoms. The fourth-order valence-electron chi connectivity index (χ4n) is 4.42. The monoisotopic (exact) mass is 477 g/mol. The highest BCUT2D eigenvalue weighted by Gasteiger charge is 2.36. The van der Waals surface area contributed by atoms with Gasteiger partial charge in [0.05, 0.1) is 13.2 Å². The Bertz CT molecular complexity index is 1040. The summed E-state index contributed by atoms with van der Waals surface area (Å²) in [4.78, 5) is 15.4. The van der Waals surface area contributed by atoms with Crippen LogP contribution in [0.1, 0.15) is 23.1 Å². The number of benzene rings is 3. The molecule has 1 heterocycles. The maximum absolute atomic E-state index is 13.2. The van der Waals surface area contributed by atoms with E-state index in [0.29, 0.717) is 13.1 Å². The van der Waals surface area contributed by atoms with Gasteiger partial charge in [-0.25, -0.2) is 0 Å². The average Bonchev–Trinajstić information content (AvgIpc) is 3.28. The number of nitrogens with zero attached hydrogens (tertiary/aromatic N) is 1. The van der Waals surface area contributed by atoms with Gasteiger partial charge in [-0.1, -0.05) is 66.2 Å². The number of nitrogens with one attached hydrogen (secondary N) is 2. The molecule has 0 bridgehead atoms. The zero-order valence-electron chi connectivity index (χ0n) is 19.5. The van der Waals surface area contributed by atoms with Gasteiger partial charge in [-0.3, -0.25) is 9.69 Å². The quantitative estimate of drug-likeness (QED) is 0.453. The SMILES string of the molecule is COc1ccc(CN[C@H]2C[C@@H](C(=O)NCCc3ccccc3)N(Cc3ccc(Cl)cc3)C2)cc1. The van der Waals surface area contributed by atoms with E-state index in [-0.39, 0.29) is 18.0 Å². The van der Waals surface area contributed by atoms with Crippen LogP contribution in [0, 0.1) is 0 Å². The fraction of sp³-hybridized carbons (Fsp3) is 0.321. The Morgan fingerprint density at radius 3 is 2.38 bits per heavy atom. The summed E-state index contributed by atoms with van der Waals surface area (Å²) in [6.07, 6.45) is 1.61. The molecule has 1 fully saturated rings. The second-order valence-corrected chi connectivity index (χ2v) is 9.20. The Kier molecular flexibility index (Phi) is 8.58. The van der Waals surface area contributed by atoms with Crippen molar-refractivity contribution in [2.45, 2.75) is 38.0 Å². The summed E-state index contributed by atoms with van der Waals surface area (Å²) in [6, 6.07) is 26.3. The van der Waals surface area contributed by atoms with E-state index < -0.39 is 0 Å². The maximum Gasteiger partial charge on any atom is 0.237 e. The molecule has 1 saturated heterocycles. The highest BCUT2D eigenvalue weighted by atomic mass is 35.5. The van der Waals surface area contributed by atoms with E-state index in [9.17, 15) is 4.79 Å². The molecule has 3 aromatic rings. The van der Waals surface area contributed by atoms with Gasteiger partial charge in [0, 0.05) is 37.2 Å². The first-order chi connectivity index (χ1) is 16.6. The molecular formula is C28H32ClN3O2. The van der Waals surface area contributed by atoms with Gasteiger partial charge in [-0.2, -0.15) is 0 Å². The summed E-state index contributed by atoms with van der Waals surface area (Å²) >= 11 is 6.06. The van der Waals surface area contributed by atoms with E-state index in [2.05, 4.69) is 39.8 Å². The summed E-state index contributed by atoms with van der Waals surface area (Å²) in [5.74, 6) is 0.949. The number of hydrogen-bond acceptors (Lipinski definition) is 4. The van der Waals surface area contributed by atoms with Gasteiger partial charge in [0.2, 0.25) is 5.91 Å². The van der Waals surface area contributed by atoms with Crippen LogP contribution in [0.5, 0.6) is 5.75 Å². The summed E-state index contributed by atoms with van der Waals surface area (Å²) in [7, 11) is 1.67. The smallest absolute Gasteiger partial charge is 0.237 e. The lowest BCUT2D eigenvalue weighted by molar-refractivity contribution is -0.125. The van der Waals surface area contributed by atoms with Gasteiger partial charge in [-0.05, 0) is 53.8 Å². The second-order valence-electron chi connectivity index (χ2n) is 8.76. The van der Waals surface area contributed by atoms with Gasteiger partial charge < -0.3 is 15.4 Å². The van der Waals surface area contributed by atoms with Crippen LogP contribution in [0.15, 0.2) is 78.9 Å². The van der Waals surface area contributed by atoms with Crippen molar-refractivity contribution in [3.05, 3.63) is 101 Å². The van der Waals surface area contributed by atoms with Crippen LogP contribution < -0.4 is 15.4 Å². The lowest BCUT2D eigenvalue weighted by Gasteiger charge is -2.23. The predicted molar refractivity (Wildman–Crippen MR) is 137 cm³/mol. The van der Waals surface area contributed by atoms with E-state index in [4.69, 9.17) is 16.3 Å². The molecule has 1 aliphatic heterocycles. The number of amides is 1. The normalized spacial score (nSPS) is 18.1. The van der Waals surface area contributed by atoms with Crippen LogP contribution in [0.25, 0.3) is 0 Å². The molecule has 5 nitrogen and oxygen atoms in total. The standard InChI is InChI=1S/C28H32ClN3O2/c1-34-26-13-9-22(10-14-26)18-31-25-17-27(28(33)30-16-15-21-5-3-2-4-6-21)32(20-25)19-23-7-11-24(29)12-8-23/h2-14,25,27,31H,15-20H2,1H3,(H,30,33)/t25-,27-/m0/s1. The molecule has 2 atom stereocenters. The number of carbonyl (C=O) groups is 1. The zero-order valence-corrected chi connectivity index (χ0v) is 20.3. The Hall–Kier alpha value is -2.86. The first-order valence-corrected chi connectivity index (χ1v) is 12.1. The molecule has 178 valence electrons. The van der Waals surface area contributed by atoms with Crippen molar-refractivity contribution < 1.29 is 9.53 Å². The van der Waals surface area contributed by atoms with Crippen molar-refractivity contribution in [2.75, 3.05) is 20.2 Å². The second kappa shape index (κ2) is 12.0. The predicted octanol–water partition coefficient (Wildman–Crippen LogP) is 4.44. The van der Waals surface area contributed by atoms with Gasteiger partial charge in [0.15, 0.2) is 0 Å². The number of likely N-dealkylation sites (tertiary alicyclic amines) is 1. The number of rotatable bonds is 10. The first kappa shape index (κ1) is 24.3. The maximum atomic E-state index is 13.2. The average molecular weight is 478 g/mol. The van der Waals surface area contributed by atoms with Crippen LogP contribution in [-0.4, -0.2) is 43.1 Å². The van der Waals surface area contributed by atoms with Gasteiger partial charge >= 0.3 is 0 Å². The third-order valence-electron chi connectivity index (χ3n) is 6.31. The molecule has 0 aromatic heterocycles. The highest BCUT2D eigenvalue weighted by Crippen LogP contribution is 2.22. The van der Waals surface area contributed by atoms with Crippen molar-refractivity contribution in [2.24, 2.45) is 0 Å². The van der Waals surface area contributed by atoms with E-state index in [1.807, 2.05) is 54.6 Å². The van der Waals surface area contributed by atoms with Gasteiger partial charge in [0.1, 0.15) is 5.75 Å². The molecule has 1 amide bonds. The molecule has 6 heteroatoms. The number of halogens is 1. The number of hydrogen-bond donors (Lipinski definition) is 2. The lowest BCUT2D eigenvalue weighted by Crippen LogP contribution is -2.43. The van der Waals surface area contributed by atoms with Crippen molar-refractivity contribution in [1.29, 1.82) is 0 Å². The largest absolute Gasteiger partial charge is 0.497 e. The Morgan fingerprint density at radius 2 is 1.68 bits per heavy atom. The summed E-state index contributed by atoms with van der Waals surface area (Å²) in [5, 5.41) is 7.53. The van der Waals surface area contributed by atoms with Crippen LogP contribution in [0.2, 0.25) is 5.02 Å². The minimum Gasteiger partial charge on any atom is -0.497 e. The van der Waals surface area contributed by atoms with Crippen LogP contribution >= 0.6 is 11.6 Å². The molecule has 2 N–H and O–H groups in total. The molecule has 0 saturated carbocycles. The Balaban J connectivity index is 1.36. The van der Waals surface area contributed by atoms with Crippen LogP contribution in [0.3, 0.4) is 0 Å². The van der Waals surface area contributed by atoms with Crippen molar-refractivity contribution in [3.63, 3.8) is 0 Å². The number of carbonyl (C=O) groups excluding carboxylic acids is 1. The zero-order chi connectivity index (χ0) is 23.8. The fourth-order valence-corrected chi connectivity index (χ4v) is 4.55. The lowest BCUT2D eigenvalue weighted by atomic mass is 10.1. The van der Waals surface area contributed by atoms with Gasteiger partial charge in [-0.15, -0.1) is 0 Å². The van der Waals surface area contributed by atoms with Crippen molar-refractivity contribution in [1.82, 2.24) is 15.5 Å². The third kappa shape index (κ3) is 6.83. The van der Waals surface area contributed by atoms with E-state index in [1.54, 1.807) is 7.11 Å². The minimum absolute atomic E-state index is 0.0960. The van der Waals surface area contributed by atoms with Crippen molar-refractivity contribution in [3.8, 4) is 5.75 Å². The number of ether oxygens (including phenoxy) is 1. The third-order valence-corrected chi connectivity index (χ3v) is 6.57. The van der Waals surface area contributed by atoms with E-state index in [0.717, 1.165) is 42.3 Å². The van der Waals surface area contributed by atoms with Crippen LogP contribution in [0.4, 0.5) is 0 Å². The Labute approximate surface area is 207 Å². The highest BCUT2D eigenvalue weighted by molar-refractivity contribution is 6.30.